The van der Waals surface area contributed by atoms with Crippen LogP contribution in [0.4, 0.5) is 22.2 Å². The Morgan fingerprint density at radius 2 is 2.00 bits per heavy atom. The molecule has 2 fully saturated rings. The number of rotatable bonds is 4. The Balaban J connectivity index is 1.37. The quantitative estimate of drug-likeness (QED) is 0.729. The first-order valence-corrected chi connectivity index (χ1v) is 11.1. The minimum Gasteiger partial charge on any atom is -0.444 e. The Morgan fingerprint density at radius 1 is 1.23 bits per heavy atom. The first-order valence-electron chi connectivity index (χ1n) is 10.7. The summed E-state index contributed by atoms with van der Waals surface area (Å²) in [4.78, 5) is 23.1. The maximum Gasteiger partial charge on any atom is 0.410 e. The number of carbonyl (C=O) groups is 1. The van der Waals surface area contributed by atoms with E-state index in [4.69, 9.17) is 16.3 Å². The molecule has 1 amide bonds. The second-order valence-corrected chi connectivity index (χ2v) is 9.88. The van der Waals surface area contributed by atoms with Crippen molar-refractivity contribution >= 4 is 35.1 Å². The van der Waals surface area contributed by atoms with E-state index in [1.54, 1.807) is 17.1 Å². The lowest BCUT2D eigenvalue weighted by Crippen LogP contribution is -2.35. The highest BCUT2D eigenvalue weighted by Crippen LogP contribution is 2.38. The SMILES string of the molecule is Cn1cc(Nc2ncc(Cl)c(NC3CCC4CN(C(=O)OC(C)(C)C)CC4C3)n2)cn1. The van der Waals surface area contributed by atoms with Gasteiger partial charge < -0.3 is 20.3 Å². The number of nitrogens with zero attached hydrogens (tertiary/aromatic N) is 5. The van der Waals surface area contributed by atoms with Gasteiger partial charge in [-0.15, -0.1) is 0 Å². The van der Waals surface area contributed by atoms with Crippen LogP contribution in [0.1, 0.15) is 40.0 Å². The Labute approximate surface area is 187 Å². The number of aryl methyl sites for hydroxylation is 1. The van der Waals surface area contributed by atoms with Gasteiger partial charge in [-0.2, -0.15) is 10.1 Å². The highest BCUT2D eigenvalue weighted by Gasteiger charge is 2.40. The van der Waals surface area contributed by atoms with E-state index in [1.807, 2.05) is 38.9 Å². The molecule has 0 radical (unpaired) electrons. The Hall–Kier alpha value is -2.55. The van der Waals surface area contributed by atoms with Crippen molar-refractivity contribution < 1.29 is 9.53 Å². The Bertz CT molecular complexity index is 942. The van der Waals surface area contributed by atoms with Gasteiger partial charge in [0.25, 0.3) is 0 Å². The number of anilines is 3. The molecule has 168 valence electrons. The molecular formula is C21H30ClN7O2. The molecule has 2 aromatic heterocycles. The number of hydrogen-bond donors (Lipinski definition) is 2. The van der Waals surface area contributed by atoms with Crippen LogP contribution in [0.25, 0.3) is 0 Å². The van der Waals surface area contributed by atoms with Crippen molar-refractivity contribution in [1.29, 1.82) is 0 Å². The van der Waals surface area contributed by atoms with E-state index in [0.717, 1.165) is 38.0 Å². The lowest BCUT2D eigenvalue weighted by Gasteiger charge is -2.31. The van der Waals surface area contributed by atoms with Gasteiger partial charge in [-0.25, -0.2) is 9.78 Å². The molecule has 1 aliphatic carbocycles. The molecule has 0 aromatic carbocycles. The van der Waals surface area contributed by atoms with Crippen LogP contribution in [0.2, 0.25) is 5.02 Å². The first-order chi connectivity index (χ1) is 14.7. The molecule has 0 spiro atoms. The second kappa shape index (κ2) is 8.53. The van der Waals surface area contributed by atoms with Crippen molar-refractivity contribution in [2.24, 2.45) is 18.9 Å². The molecule has 0 bridgehead atoms. The first kappa shape index (κ1) is 21.7. The highest BCUT2D eigenvalue weighted by atomic mass is 35.5. The number of likely N-dealkylation sites (tertiary alicyclic amines) is 1. The van der Waals surface area contributed by atoms with Crippen LogP contribution >= 0.6 is 11.6 Å². The molecule has 3 unspecified atom stereocenters. The minimum absolute atomic E-state index is 0.212. The van der Waals surface area contributed by atoms with E-state index in [9.17, 15) is 4.79 Å². The summed E-state index contributed by atoms with van der Waals surface area (Å²) < 4.78 is 7.26. The number of carbonyl (C=O) groups excluding carboxylic acids is 1. The van der Waals surface area contributed by atoms with Crippen LogP contribution in [0.3, 0.4) is 0 Å². The van der Waals surface area contributed by atoms with Gasteiger partial charge in [-0.1, -0.05) is 11.6 Å². The number of halogens is 1. The molecule has 9 nitrogen and oxygen atoms in total. The number of amides is 1. The Morgan fingerprint density at radius 3 is 2.71 bits per heavy atom. The minimum atomic E-state index is -0.472. The predicted octanol–water partition coefficient (Wildman–Crippen LogP) is 4.05. The van der Waals surface area contributed by atoms with Crippen LogP contribution in [0.5, 0.6) is 0 Å². The monoisotopic (exact) mass is 447 g/mol. The number of nitrogens with one attached hydrogen (secondary N) is 2. The molecule has 31 heavy (non-hydrogen) atoms. The van der Waals surface area contributed by atoms with Gasteiger partial charge in [0, 0.05) is 32.4 Å². The standard InChI is InChI=1S/C21H30ClN7O2/c1-21(2,3)31-20(30)29-10-13-5-6-15(7-14(13)11-29)25-18-17(22)9-23-19(27-18)26-16-8-24-28(4)12-16/h8-9,12-15H,5-7,10-11H2,1-4H3,(H2,23,25,26,27). The third kappa shape index (κ3) is 5.39. The average molecular weight is 448 g/mol. The van der Waals surface area contributed by atoms with E-state index >= 15 is 0 Å². The van der Waals surface area contributed by atoms with E-state index in [1.165, 1.54) is 0 Å². The maximum absolute atomic E-state index is 12.5. The van der Waals surface area contributed by atoms with Gasteiger partial charge in [0.1, 0.15) is 10.6 Å². The average Bonchev–Trinajstić information content (AvgIpc) is 3.29. The van der Waals surface area contributed by atoms with E-state index < -0.39 is 5.60 Å². The van der Waals surface area contributed by atoms with Crippen LogP contribution in [0, 0.1) is 11.8 Å². The fraction of sp³-hybridized carbons (Fsp3) is 0.619. The van der Waals surface area contributed by atoms with E-state index in [-0.39, 0.29) is 12.1 Å². The van der Waals surface area contributed by atoms with Crippen molar-refractivity contribution in [2.75, 3.05) is 23.7 Å². The molecule has 1 aliphatic heterocycles. The van der Waals surface area contributed by atoms with Gasteiger partial charge in [0.05, 0.1) is 18.1 Å². The van der Waals surface area contributed by atoms with Gasteiger partial charge in [0.2, 0.25) is 5.95 Å². The highest BCUT2D eigenvalue weighted by molar-refractivity contribution is 6.32. The van der Waals surface area contributed by atoms with Gasteiger partial charge >= 0.3 is 6.09 Å². The molecule has 10 heteroatoms. The molecule has 1 saturated carbocycles. The van der Waals surface area contributed by atoms with Crippen LogP contribution < -0.4 is 10.6 Å². The van der Waals surface area contributed by atoms with E-state index in [0.29, 0.717) is 28.6 Å². The van der Waals surface area contributed by atoms with Gasteiger partial charge in [-0.3, -0.25) is 4.68 Å². The lowest BCUT2D eigenvalue weighted by atomic mass is 9.79. The molecule has 1 saturated heterocycles. The third-order valence-corrected chi connectivity index (χ3v) is 6.02. The summed E-state index contributed by atoms with van der Waals surface area (Å²) in [6.07, 6.45) is 7.99. The fourth-order valence-corrected chi connectivity index (χ4v) is 4.52. The molecule has 2 aliphatic rings. The molecule has 3 atom stereocenters. The zero-order valence-electron chi connectivity index (χ0n) is 18.4. The summed E-state index contributed by atoms with van der Waals surface area (Å²) in [6, 6.07) is 0.249. The van der Waals surface area contributed by atoms with Gasteiger partial charge in [0.15, 0.2) is 5.82 Å². The lowest BCUT2D eigenvalue weighted by molar-refractivity contribution is 0.0284. The summed E-state index contributed by atoms with van der Waals surface area (Å²) >= 11 is 6.36. The fourth-order valence-electron chi connectivity index (χ4n) is 4.37. The summed E-state index contributed by atoms with van der Waals surface area (Å²) in [6.45, 7) is 7.22. The van der Waals surface area contributed by atoms with Crippen LogP contribution in [-0.2, 0) is 11.8 Å². The number of ether oxygens (including phenoxy) is 1. The second-order valence-electron chi connectivity index (χ2n) is 9.48. The van der Waals surface area contributed by atoms with Crippen molar-refractivity contribution in [1.82, 2.24) is 24.6 Å². The van der Waals surface area contributed by atoms with Crippen LogP contribution in [0.15, 0.2) is 18.6 Å². The number of hydrogen-bond acceptors (Lipinski definition) is 7. The van der Waals surface area contributed by atoms with Crippen molar-refractivity contribution in [3.63, 3.8) is 0 Å². The predicted molar refractivity (Wildman–Crippen MR) is 120 cm³/mol. The zero-order valence-corrected chi connectivity index (χ0v) is 19.2. The van der Waals surface area contributed by atoms with Crippen molar-refractivity contribution in [2.45, 2.75) is 51.7 Å². The largest absolute Gasteiger partial charge is 0.444 e. The number of aromatic nitrogens is 4. The topological polar surface area (TPSA) is 97.2 Å². The summed E-state index contributed by atoms with van der Waals surface area (Å²) in [7, 11) is 1.85. The molecule has 2 aromatic rings. The summed E-state index contributed by atoms with van der Waals surface area (Å²) in [5.74, 6) is 2.06. The van der Waals surface area contributed by atoms with Crippen molar-refractivity contribution in [3.05, 3.63) is 23.6 Å². The maximum atomic E-state index is 12.5. The van der Waals surface area contributed by atoms with Crippen molar-refractivity contribution in [3.8, 4) is 0 Å². The summed E-state index contributed by atoms with van der Waals surface area (Å²) in [5, 5.41) is 11.3. The summed E-state index contributed by atoms with van der Waals surface area (Å²) in [5.41, 5.74) is 0.338. The smallest absolute Gasteiger partial charge is 0.410 e. The number of fused-ring (bicyclic) bond motifs is 1. The van der Waals surface area contributed by atoms with E-state index in [2.05, 4.69) is 25.7 Å². The molecule has 2 N–H and O–H groups in total. The molecule has 4 rings (SSSR count). The zero-order chi connectivity index (χ0) is 22.2. The molecule has 3 heterocycles. The third-order valence-electron chi connectivity index (χ3n) is 5.75. The Kier molecular flexibility index (Phi) is 5.96. The normalized spacial score (nSPS) is 23.4. The molecular weight excluding hydrogens is 418 g/mol. The van der Waals surface area contributed by atoms with Crippen LogP contribution in [-0.4, -0.2) is 55.5 Å². The van der Waals surface area contributed by atoms with Gasteiger partial charge in [-0.05, 0) is 51.9 Å².